The molecule has 1 saturated heterocycles. The fraction of sp³-hybridized carbons (Fsp3) is 1.00. The largest absolute Gasteiger partial charge is 0.297 e. The Morgan fingerprint density at radius 3 is 2.07 bits per heavy atom. The van der Waals surface area contributed by atoms with E-state index in [2.05, 4.69) is 25.7 Å². The molecule has 0 aromatic carbocycles. The lowest BCUT2D eigenvalue weighted by Gasteiger charge is -2.57. The Kier molecular flexibility index (Phi) is 2.37. The number of halogens is 1. The fourth-order valence-electron chi connectivity index (χ4n) is 2.75. The first-order valence-electron chi connectivity index (χ1n) is 5.80. The van der Waals surface area contributed by atoms with E-state index in [4.69, 9.17) is 0 Å². The number of hydrogen-bond acceptors (Lipinski definition) is 1. The minimum absolute atomic E-state index is 0.303. The van der Waals surface area contributed by atoms with Gasteiger partial charge in [-0.15, -0.1) is 0 Å². The van der Waals surface area contributed by atoms with Crippen LogP contribution in [0.1, 0.15) is 46.5 Å². The molecule has 0 N–H and O–H groups in total. The van der Waals surface area contributed by atoms with Crippen molar-refractivity contribution in [2.24, 2.45) is 5.41 Å². The third kappa shape index (κ3) is 1.81. The quantitative estimate of drug-likeness (QED) is 0.579. The van der Waals surface area contributed by atoms with E-state index in [-0.39, 0.29) is 0 Å². The molecule has 0 aromatic heterocycles. The van der Waals surface area contributed by atoms with E-state index < -0.39 is 6.17 Å². The van der Waals surface area contributed by atoms with E-state index in [0.717, 1.165) is 25.7 Å². The van der Waals surface area contributed by atoms with E-state index >= 15 is 0 Å². The molecule has 0 amide bonds. The second-order valence-corrected chi connectivity index (χ2v) is 6.20. The van der Waals surface area contributed by atoms with Gasteiger partial charge in [-0.3, -0.25) is 4.90 Å². The van der Waals surface area contributed by atoms with Gasteiger partial charge in [0.15, 0.2) is 0 Å². The first-order chi connectivity index (χ1) is 6.41. The molecule has 2 rings (SSSR count). The van der Waals surface area contributed by atoms with Gasteiger partial charge in [-0.2, -0.15) is 0 Å². The highest BCUT2D eigenvalue weighted by molar-refractivity contribution is 5.01. The number of rotatable bonds is 0. The Hall–Kier alpha value is -0.110. The molecule has 0 atom stereocenters. The van der Waals surface area contributed by atoms with Crippen molar-refractivity contribution in [3.8, 4) is 0 Å². The molecule has 0 aromatic rings. The van der Waals surface area contributed by atoms with Gasteiger partial charge in [0.05, 0.1) is 0 Å². The highest BCUT2D eigenvalue weighted by atomic mass is 19.1. The van der Waals surface area contributed by atoms with Crippen LogP contribution in [0.3, 0.4) is 0 Å². The lowest BCUT2D eigenvalue weighted by Crippen LogP contribution is -2.63. The minimum atomic E-state index is -0.510. The van der Waals surface area contributed by atoms with Gasteiger partial charge < -0.3 is 0 Å². The summed E-state index contributed by atoms with van der Waals surface area (Å²) in [4.78, 5) is 2.52. The lowest BCUT2D eigenvalue weighted by atomic mass is 9.67. The van der Waals surface area contributed by atoms with Crippen LogP contribution in [0.5, 0.6) is 0 Å². The predicted molar refractivity (Wildman–Crippen MR) is 57.1 cm³/mol. The second kappa shape index (κ2) is 3.19. The number of hydrogen-bond donors (Lipinski definition) is 0. The maximum absolute atomic E-state index is 13.0. The van der Waals surface area contributed by atoms with E-state index in [1.165, 1.54) is 13.1 Å². The zero-order valence-electron chi connectivity index (χ0n) is 9.65. The number of likely N-dealkylation sites (tertiary alicyclic amines) is 1. The average Bonchev–Trinajstić information content (AvgIpc) is 2.00. The molecule has 2 fully saturated rings. The summed E-state index contributed by atoms with van der Waals surface area (Å²) in [6, 6.07) is 0. The van der Waals surface area contributed by atoms with Crippen LogP contribution in [0.25, 0.3) is 0 Å². The van der Waals surface area contributed by atoms with Crippen molar-refractivity contribution in [2.75, 3.05) is 13.1 Å². The first-order valence-corrected chi connectivity index (χ1v) is 5.80. The van der Waals surface area contributed by atoms with Crippen LogP contribution in [-0.4, -0.2) is 29.7 Å². The molecule has 1 aliphatic carbocycles. The third-order valence-corrected chi connectivity index (χ3v) is 3.98. The van der Waals surface area contributed by atoms with E-state index in [9.17, 15) is 4.39 Å². The second-order valence-electron chi connectivity index (χ2n) is 6.20. The molecule has 1 aliphatic heterocycles. The monoisotopic (exact) mass is 199 g/mol. The molecule has 2 heteroatoms. The van der Waals surface area contributed by atoms with Gasteiger partial charge in [0, 0.05) is 18.6 Å². The maximum Gasteiger partial charge on any atom is 0.100 e. The van der Waals surface area contributed by atoms with Crippen molar-refractivity contribution < 1.29 is 4.39 Å². The Bertz CT molecular complexity index is 203. The molecular formula is C12H22FN. The topological polar surface area (TPSA) is 3.24 Å². The highest BCUT2D eigenvalue weighted by Gasteiger charge is 2.47. The van der Waals surface area contributed by atoms with Crippen molar-refractivity contribution in [1.82, 2.24) is 4.90 Å². The van der Waals surface area contributed by atoms with Crippen LogP contribution >= 0.6 is 0 Å². The maximum atomic E-state index is 13.0. The van der Waals surface area contributed by atoms with Gasteiger partial charge in [-0.05, 0) is 51.9 Å². The Morgan fingerprint density at radius 1 is 1.14 bits per heavy atom. The molecule has 1 spiro atoms. The number of alkyl halides is 1. The summed E-state index contributed by atoms with van der Waals surface area (Å²) in [5, 5.41) is 0. The summed E-state index contributed by atoms with van der Waals surface area (Å²) in [5.74, 6) is 0. The van der Waals surface area contributed by atoms with Gasteiger partial charge in [0.25, 0.3) is 0 Å². The summed E-state index contributed by atoms with van der Waals surface area (Å²) < 4.78 is 13.0. The summed E-state index contributed by atoms with van der Waals surface area (Å²) >= 11 is 0. The van der Waals surface area contributed by atoms with Crippen LogP contribution in [-0.2, 0) is 0 Å². The summed E-state index contributed by atoms with van der Waals surface area (Å²) in [6.07, 6.45) is 3.32. The van der Waals surface area contributed by atoms with Gasteiger partial charge in [0.1, 0.15) is 6.17 Å². The normalized spacial score (nSPS) is 29.1. The third-order valence-electron chi connectivity index (χ3n) is 3.98. The molecule has 0 bridgehead atoms. The van der Waals surface area contributed by atoms with Gasteiger partial charge in [-0.25, -0.2) is 4.39 Å². The standard InChI is InChI=1S/C12H22FN/c1-11(2,3)14-8-12(9-14)6-4-10(13)5-7-12/h10H,4-9H2,1-3H3. The minimum Gasteiger partial charge on any atom is -0.297 e. The van der Waals surface area contributed by atoms with Gasteiger partial charge in [0.2, 0.25) is 0 Å². The Labute approximate surface area is 86.7 Å². The molecule has 0 radical (unpaired) electrons. The van der Waals surface area contributed by atoms with Gasteiger partial charge in [-0.1, -0.05) is 0 Å². The van der Waals surface area contributed by atoms with Crippen LogP contribution < -0.4 is 0 Å². The van der Waals surface area contributed by atoms with Crippen LogP contribution in [0.15, 0.2) is 0 Å². The zero-order valence-corrected chi connectivity index (χ0v) is 9.65. The van der Waals surface area contributed by atoms with E-state index in [1.54, 1.807) is 0 Å². The molecule has 1 nitrogen and oxygen atoms in total. The summed E-state index contributed by atoms with van der Waals surface area (Å²) in [6.45, 7) is 9.19. The Morgan fingerprint density at radius 2 is 1.64 bits per heavy atom. The fourth-order valence-corrected chi connectivity index (χ4v) is 2.75. The van der Waals surface area contributed by atoms with Crippen molar-refractivity contribution >= 4 is 0 Å². The van der Waals surface area contributed by atoms with E-state index in [0.29, 0.717) is 11.0 Å². The van der Waals surface area contributed by atoms with Crippen molar-refractivity contribution in [3.63, 3.8) is 0 Å². The Balaban J connectivity index is 1.87. The average molecular weight is 199 g/mol. The van der Waals surface area contributed by atoms with Crippen molar-refractivity contribution in [1.29, 1.82) is 0 Å². The first kappa shape index (κ1) is 10.4. The predicted octanol–water partition coefficient (Wildman–Crippen LogP) is 3.00. The molecular weight excluding hydrogens is 177 g/mol. The SMILES string of the molecule is CC(C)(C)N1CC2(CCC(F)CC2)C1. The molecule has 0 unspecified atom stereocenters. The molecule has 2 aliphatic rings. The highest BCUT2D eigenvalue weighted by Crippen LogP contribution is 2.46. The van der Waals surface area contributed by atoms with Gasteiger partial charge >= 0.3 is 0 Å². The number of nitrogens with zero attached hydrogens (tertiary/aromatic N) is 1. The lowest BCUT2D eigenvalue weighted by molar-refractivity contribution is -0.0869. The molecule has 14 heavy (non-hydrogen) atoms. The summed E-state index contributed by atoms with van der Waals surface area (Å²) in [5.41, 5.74) is 0.799. The van der Waals surface area contributed by atoms with Crippen LogP contribution in [0.2, 0.25) is 0 Å². The smallest absolute Gasteiger partial charge is 0.100 e. The van der Waals surface area contributed by atoms with E-state index in [1.807, 2.05) is 0 Å². The zero-order chi connectivity index (χ0) is 10.4. The van der Waals surface area contributed by atoms with Crippen LogP contribution in [0, 0.1) is 5.41 Å². The molecule has 1 saturated carbocycles. The van der Waals surface area contributed by atoms with Crippen molar-refractivity contribution in [2.45, 2.75) is 58.2 Å². The summed E-state index contributed by atoms with van der Waals surface area (Å²) in [7, 11) is 0. The van der Waals surface area contributed by atoms with Crippen molar-refractivity contribution in [3.05, 3.63) is 0 Å². The molecule has 1 heterocycles. The molecule has 82 valence electrons. The van der Waals surface area contributed by atoms with Crippen LogP contribution in [0.4, 0.5) is 4.39 Å².